The van der Waals surface area contributed by atoms with Crippen LogP contribution in [0.5, 0.6) is 5.75 Å². The van der Waals surface area contributed by atoms with E-state index in [0.717, 1.165) is 25.9 Å². The van der Waals surface area contributed by atoms with E-state index in [1.165, 1.54) is 11.3 Å². The summed E-state index contributed by atoms with van der Waals surface area (Å²) in [5, 5.41) is 5.43. The fourth-order valence-electron chi connectivity index (χ4n) is 3.06. The Labute approximate surface area is 165 Å². The van der Waals surface area contributed by atoms with Gasteiger partial charge in [0.1, 0.15) is 5.75 Å². The van der Waals surface area contributed by atoms with Gasteiger partial charge in [-0.25, -0.2) is 4.98 Å². The van der Waals surface area contributed by atoms with Gasteiger partial charge in [0.25, 0.3) is 5.91 Å². The van der Waals surface area contributed by atoms with Crippen LogP contribution in [-0.2, 0) is 0 Å². The van der Waals surface area contributed by atoms with Crippen LogP contribution in [-0.4, -0.2) is 23.8 Å². The average molecular weight is 395 g/mol. The normalized spacial score (nSPS) is 11.0. The zero-order valence-corrected chi connectivity index (χ0v) is 16.6. The lowest BCUT2D eigenvalue weighted by Crippen LogP contribution is -2.14. The SMILES string of the molecule is CCOc1ccc2ccccc2c1C(=O)Nc1nc2c(SC)cccc2s1. The molecule has 0 radical (unpaired) electrons. The lowest BCUT2D eigenvalue weighted by atomic mass is 10.0. The zero-order chi connectivity index (χ0) is 18.8. The van der Waals surface area contributed by atoms with E-state index < -0.39 is 0 Å². The summed E-state index contributed by atoms with van der Waals surface area (Å²) in [5.41, 5.74) is 1.47. The number of fused-ring (bicyclic) bond motifs is 2. The smallest absolute Gasteiger partial charge is 0.261 e. The largest absolute Gasteiger partial charge is 0.493 e. The number of carbonyl (C=O) groups is 1. The number of hydrogen-bond acceptors (Lipinski definition) is 5. The highest BCUT2D eigenvalue weighted by Gasteiger charge is 2.18. The van der Waals surface area contributed by atoms with Crippen LogP contribution in [0.1, 0.15) is 17.3 Å². The Morgan fingerprint density at radius 1 is 1.15 bits per heavy atom. The molecule has 0 aliphatic carbocycles. The second-order valence-electron chi connectivity index (χ2n) is 5.87. The molecule has 0 fully saturated rings. The number of para-hydroxylation sites is 1. The minimum Gasteiger partial charge on any atom is -0.493 e. The van der Waals surface area contributed by atoms with Crippen LogP contribution in [0.15, 0.2) is 59.5 Å². The third-order valence-electron chi connectivity index (χ3n) is 4.24. The second kappa shape index (κ2) is 7.58. The molecule has 0 unspecified atom stereocenters. The van der Waals surface area contributed by atoms with Gasteiger partial charge in [0.15, 0.2) is 5.13 Å². The summed E-state index contributed by atoms with van der Waals surface area (Å²) < 4.78 is 6.77. The maximum Gasteiger partial charge on any atom is 0.261 e. The van der Waals surface area contributed by atoms with Gasteiger partial charge in [0.2, 0.25) is 0 Å². The zero-order valence-electron chi connectivity index (χ0n) is 15.0. The molecule has 4 aromatic rings. The number of amides is 1. The highest BCUT2D eigenvalue weighted by molar-refractivity contribution is 7.98. The average Bonchev–Trinajstić information content (AvgIpc) is 3.10. The van der Waals surface area contributed by atoms with Gasteiger partial charge < -0.3 is 4.74 Å². The Balaban J connectivity index is 1.76. The van der Waals surface area contributed by atoms with Gasteiger partial charge in [-0.05, 0) is 42.2 Å². The molecule has 4 rings (SSSR count). The fourth-order valence-corrected chi connectivity index (χ4v) is 4.58. The van der Waals surface area contributed by atoms with Crippen LogP contribution in [0.2, 0.25) is 0 Å². The molecule has 4 nitrogen and oxygen atoms in total. The third-order valence-corrected chi connectivity index (χ3v) is 5.95. The van der Waals surface area contributed by atoms with Crippen molar-refractivity contribution >= 4 is 55.1 Å². The highest BCUT2D eigenvalue weighted by Crippen LogP contribution is 2.34. The lowest BCUT2D eigenvalue weighted by molar-refractivity contribution is 0.102. The topological polar surface area (TPSA) is 51.2 Å². The second-order valence-corrected chi connectivity index (χ2v) is 7.75. The van der Waals surface area contributed by atoms with E-state index in [1.54, 1.807) is 11.8 Å². The van der Waals surface area contributed by atoms with Crippen molar-refractivity contribution in [3.63, 3.8) is 0 Å². The van der Waals surface area contributed by atoms with Crippen molar-refractivity contribution in [2.24, 2.45) is 0 Å². The van der Waals surface area contributed by atoms with E-state index >= 15 is 0 Å². The first-order valence-corrected chi connectivity index (χ1v) is 10.6. The third kappa shape index (κ3) is 3.38. The summed E-state index contributed by atoms with van der Waals surface area (Å²) in [6.45, 7) is 2.41. The van der Waals surface area contributed by atoms with Crippen LogP contribution in [0.4, 0.5) is 5.13 Å². The number of ether oxygens (including phenoxy) is 1. The molecule has 0 saturated heterocycles. The molecule has 1 aromatic heterocycles. The van der Waals surface area contributed by atoms with Crippen LogP contribution < -0.4 is 10.1 Å². The maximum absolute atomic E-state index is 13.1. The summed E-state index contributed by atoms with van der Waals surface area (Å²) in [5.74, 6) is 0.375. The number of rotatable bonds is 5. The van der Waals surface area contributed by atoms with Crippen molar-refractivity contribution in [1.82, 2.24) is 4.98 Å². The molecular weight excluding hydrogens is 376 g/mol. The predicted octanol–water partition coefficient (Wildman–Crippen LogP) is 5.82. The molecule has 0 spiro atoms. The molecule has 0 bridgehead atoms. The van der Waals surface area contributed by atoms with Crippen molar-refractivity contribution < 1.29 is 9.53 Å². The molecule has 1 N–H and O–H groups in total. The first-order chi connectivity index (χ1) is 13.2. The van der Waals surface area contributed by atoms with Gasteiger partial charge in [0, 0.05) is 4.90 Å². The van der Waals surface area contributed by atoms with E-state index in [1.807, 2.05) is 67.8 Å². The standard InChI is InChI=1S/C21H18N2O2S2/c1-3-25-15-12-11-13-7-4-5-8-14(13)18(15)20(24)23-21-22-19-16(26-2)9-6-10-17(19)27-21/h4-12H,3H2,1-2H3,(H,22,23,24). The number of nitrogens with one attached hydrogen (secondary N) is 1. The Hall–Kier alpha value is -2.57. The summed E-state index contributed by atoms with van der Waals surface area (Å²) in [6, 6.07) is 17.7. The van der Waals surface area contributed by atoms with Gasteiger partial charge in [-0.15, -0.1) is 11.8 Å². The quantitative estimate of drug-likeness (QED) is 0.433. The fraction of sp³-hybridized carbons (Fsp3) is 0.143. The van der Waals surface area contributed by atoms with Crippen LogP contribution in [0.25, 0.3) is 21.0 Å². The number of anilines is 1. The predicted molar refractivity (Wildman–Crippen MR) is 114 cm³/mol. The molecule has 1 heterocycles. The minimum atomic E-state index is -0.208. The molecule has 0 saturated carbocycles. The molecule has 1 amide bonds. The van der Waals surface area contributed by atoms with Crippen LogP contribution in [0, 0.1) is 0 Å². The number of hydrogen-bond donors (Lipinski definition) is 1. The summed E-state index contributed by atoms with van der Waals surface area (Å²) >= 11 is 3.13. The van der Waals surface area contributed by atoms with Crippen molar-refractivity contribution in [1.29, 1.82) is 0 Å². The van der Waals surface area contributed by atoms with Gasteiger partial charge in [0.05, 0.1) is 22.4 Å². The van der Waals surface area contributed by atoms with E-state index in [9.17, 15) is 4.79 Å². The summed E-state index contributed by atoms with van der Waals surface area (Å²) in [7, 11) is 0. The van der Waals surface area contributed by atoms with Crippen molar-refractivity contribution in [3.8, 4) is 5.75 Å². The van der Waals surface area contributed by atoms with Gasteiger partial charge in [-0.1, -0.05) is 47.7 Å². The van der Waals surface area contributed by atoms with E-state index in [4.69, 9.17) is 4.74 Å². The molecule has 0 atom stereocenters. The maximum atomic E-state index is 13.1. The number of aromatic nitrogens is 1. The minimum absolute atomic E-state index is 0.208. The first-order valence-electron chi connectivity index (χ1n) is 8.60. The molecule has 0 aliphatic rings. The Morgan fingerprint density at radius 2 is 2.00 bits per heavy atom. The number of thioether (sulfide) groups is 1. The first kappa shape index (κ1) is 17.8. The Bertz CT molecular complexity index is 1140. The summed E-state index contributed by atoms with van der Waals surface area (Å²) in [6.07, 6.45) is 2.02. The van der Waals surface area contributed by atoms with E-state index in [2.05, 4.69) is 10.3 Å². The lowest BCUT2D eigenvalue weighted by Gasteiger charge is -2.12. The van der Waals surface area contributed by atoms with Crippen molar-refractivity contribution in [2.45, 2.75) is 11.8 Å². The summed E-state index contributed by atoms with van der Waals surface area (Å²) in [4.78, 5) is 18.9. The number of nitrogens with zero attached hydrogens (tertiary/aromatic N) is 1. The highest BCUT2D eigenvalue weighted by atomic mass is 32.2. The van der Waals surface area contributed by atoms with E-state index in [0.29, 0.717) is 23.1 Å². The van der Waals surface area contributed by atoms with Gasteiger partial charge in [-0.3, -0.25) is 10.1 Å². The number of carbonyl (C=O) groups excluding carboxylic acids is 1. The molecular formula is C21H18N2O2S2. The molecule has 0 aliphatic heterocycles. The Morgan fingerprint density at radius 3 is 2.81 bits per heavy atom. The molecule has 27 heavy (non-hydrogen) atoms. The van der Waals surface area contributed by atoms with E-state index in [-0.39, 0.29) is 5.91 Å². The van der Waals surface area contributed by atoms with Crippen LogP contribution in [0.3, 0.4) is 0 Å². The molecule has 136 valence electrons. The molecule has 6 heteroatoms. The Kier molecular flexibility index (Phi) is 5.01. The van der Waals surface area contributed by atoms with Crippen molar-refractivity contribution in [3.05, 3.63) is 60.2 Å². The number of benzene rings is 3. The van der Waals surface area contributed by atoms with Gasteiger partial charge in [-0.2, -0.15) is 0 Å². The van der Waals surface area contributed by atoms with Crippen LogP contribution >= 0.6 is 23.1 Å². The van der Waals surface area contributed by atoms with Gasteiger partial charge >= 0.3 is 0 Å². The van der Waals surface area contributed by atoms with Crippen molar-refractivity contribution in [2.75, 3.05) is 18.2 Å². The monoisotopic (exact) mass is 394 g/mol. The molecule has 3 aromatic carbocycles. The number of thiazole rings is 1.